The number of hydrogen-bond acceptors (Lipinski definition) is 5. The van der Waals surface area contributed by atoms with Crippen LogP contribution >= 0.6 is 0 Å². The number of ether oxygens (including phenoxy) is 2. The standard InChI is InChI=1S/C17H34O5Si3.4CH4/c1-19-17-14-15(10-11-16(17)18)20-12-9-13-25(8,21-23(2,3)4)22-24(5,6)7;;;;/h10-11,14,18H,9,12-13H2,1-8H3;4*1H4. The number of aromatic hydroxyl groups is 1. The van der Waals surface area contributed by atoms with E-state index in [4.69, 9.17) is 17.7 Å². The van der Waals surface area contributed by atoms with Crippen LogP contribution in [0, 0.1) is 0 Å². The molecule has 0 heterocycles. The van der Waals surface area contributed by atoms with E-state index >= 15 is 0 Å². The van der Waals surface area contributed by atoms with E-state index in [9.17, 15) is 5.11 Å². The van der Waals surface area contributed by atoms with Crippen LogP contribution in [-0.4, -0.2) is 44.0 Å². The molecule has 0 atom stereocenters. The molecule has 0 aromatic heterocycles. The molecule has 176 valence electrons. The molecule has 1 rings (SSSR count). The first-order valence-electron chi connectivity index (χ1n) is 8.74. The molecular weight excluding hydrogens is 416 g/mol. The second-order valence-corrected chi connectivity index (χ2v) is 21.2. The van der Waals surface area contributed by atoms with Crippen molar-refractivity contribution in [3.63, 3.8) is 0 Å². The number of phenolic OH excluding ortho intramolecular Hbond substituents is 1. The number of phenols is 1. The Morgan fingerprint density at radius 2 is 1.31 bits per heavy atom. The van der Waals surface area contributed by atoms with Gasteiger partial charge >= 0.3 is 8.56 Å². The van der Waals surface area contributed by atoms with Crippen molar-refractivity contribution >= 4 is 25.2 Å². The highest BCUT2D eigenvalue weighted by Crippen LogP contribution is 2.30. The minimum Gasteiger partial charge on any atom is -0.504 e. The third kappa shape index (κ3) is 14.8. The topological polar surface area (TPSA) is 57.2 Å². The van der Waals surface area contributed by atoms with Crippen molar-refractivity contribution < 1.29 is 22.8 Å². The highest BCUT2D eigenvalue weighted by molar-refractivity contribution is 6.87. The third-order valence-corrected chi connectivity index (χ3v) is 12.9. The quantitative estimate of drug-likeness (QED) is 0.286. The Kier molecular flexibility index (Phi) is 17.5. The predicted molar refractivity (Wildman–Crippen MR) is 137 cm³/mol. The molecule has 0 radical (unpaired) electrons. The van der Waals surface area contributed by atoms with Gasteiger partial charge in [-0.3, -0.25) is 0 Å². The van der Waals surface area contributed by atoms with Crippen molar-refractivity contribution in [2.45, 2.75) is 88.0 Å². The molecule has 0 spiro atoms. The molecule has 5 nitrogen and oxygen atoms in total. The minimum atomic E-state index is -2.21. The first-order chi connectivity index (χ1) is 11.3. The third-order valence-electron chi connectivity index (χ3n) is 3.24. The maximum absolute atomic E-state index is 9.63. The molecule has 0 unspecified atom stereocenters. The van der Waals surface area contributed by atoms with Gasteiger partial charge < -0.3 is 22.8 Å². The molecular formula is C21H50O5Si3. The van der Waals surface area contributed by atoms with Crippen molar-refractivity contribution in [1.29, 1.82) is 0 Å². The van der Waals surface area contributed by atoms with Gasteiger partial charge in [-0.15, -0.1) is 0 Å². The molecule has 0 amide bonds. The lowest BCUT2D eigenvalue weighted by Gasteiger charge is -2.38. The van der Waals surface area contributed by atoms with E-state index in [2.05, 4.69) is 45.8 Å². The first-order valence-corrected chi connectivity index (χ1v) is 18.1. The second-order valence-electron chi connectivity index (χ2n) is 8.35. The van der Waals surface area contributed by atoms with E-state index in [0.717, 1.165) is 12.5 Å². The van der Waals surface area contributed by atoms with Gasteiger partial charge in [-0.1, -0.05) is 29.7 Å². The number of hydrogen-bond donors (Lipinski definition) is 1. The van der Waals surface area contributed by atoms with E-state index in [0.29, 0.717) is 18.1 Å². The van der Waals surface area contributed by atoms with Crippen molar-refractivity contribution in [3.05, 3.63) is 18.2 Å². The van der Waals surface area contributed by atoms with Crippen LogP contribution in [0.25, 0.3) is 0 Å². The van der Waals surface area contributed by atoms with E-state index in [-0.39, 0.29) is 35.5 Å². The fourth-order valence-corrected chi connectivity index (χ4v) is 15.3. The summed E-state index contributed by atoms with van der Waals surface area (Å²) in [6.07, 6.45) is 0.876. The molecule has 0 saturated carbocycles. The maximum atomic E-state index is 9.63. The number of benzene rings is 1. The minimum absolute atomic E-state index is 0. The molecule has 0 bridgehead atoms. The molecule has 0 aliphatic rings. The lowest BCUT2D eigenvalue weighted by atomic mass is 10.3. The van der Waals surface area contributed by atoms with Crippen molar-refractivity contribution in [2.75, 3.05) is 13.7 Å². The van der Waals surface area contributed by atoms with Gasteiger partial charge in [0.2, 0.25) is 0 Å². The average Bonchev–Trinajstić information content (AvgIpc) is 2.41. The highest BCUT2D eigenvalue weighted by Gasteiger charge is 2.39. The smallest absolute Gasteiger partial charge is 0.314 e. The maximum Gasteiger partial charge on any atom is 0.314 e. The summed E-state index contributed by atoms with van der Waals surface area (Å²) in [6, 6.07) is 5.93. The van der Waals surface area contributed by atoms with Crippen LogP contribution in [0.2, 0.25) is 51.9 Å². The number of methoxy groups -OCH3 is 1. The van der Waals surface area contributed by atoms with Gasteiger partial charge in [0, 0.05) is 6.07 Å². The van der Waals surface area contributed by atoms with Crippen LogP contribution in [0.15, 0.2) is 18.2 Å². The highest BCUT2D eigenvalue weighted by atomic mass is 28.5. The largest absolute Gasteiger partial charge is 0.504 e. The zero-order chi connectivity index (χ0) is 19.3. The zero-order valence-electron chi connectivity index (χ0n) is 16.9. The lowest BCUT2D eigenvalue weighted by molar-refractivity contribution is 0.302. The first kappa shape index (κ1) is 35.6. The molecule has 0 aliphatic heterocycles. The monoisotopic (exact) mass is 466 g/mol. The Bertz CT molecular complexity index is 538. The Morgan fingerprint density at radius 1 is 0.828 bits per heavy atom. The van der Waals surface area contributed by atoms with Gasteiger partial charge in [0.15, 0.2) is 28.1 Å². The molecule has 29 heavy (non-hydrogen) atoms. The summed E-state index contributed by atoms with van der Waals surface area (Å²) in [5.74, 6) is 1.22. The summed E-state index contributed by atoms with van der Waals surface area (Å²) in [4.78, 5) is 0. The Labute approximate surface area is 185 Å². The van der Waals surface area contributed by atoms with E-state index in [1.54, 1.807) is 18.2 Å². The average molecular weight is 467 g/mol. The van der Waals surface area contributed by atoms with Gasteiger partial charge in [0.05, 0.1) is 13.7 Å². The molecule has 0 fully saturated rings. The van der Waals surface area contributed by atoms with Gasteiger partial charge in [-0.05, 0) is 70.4 Å². The molecule has 8 heteroatoms. The van der Waals surface area contributed by atoms with Gasteiger partial charge in [-0.2, -0.15) is 0 Å². The summed E-state index contributed by atoms with van der Waals surface area (Å²) in [7, 11) is -4.00. The van der Waals surface area contributed by atoms with Crippen molar-refractivity contribution in [2.24, 2.45) is 0 Å². The Morgan fingerprint density at radius 3 is 1.72 bits per heavy atom. The SMILES string of the molecule is C.C.C.C.COc1cc(OCCC[Si](C)(O[Si](C)(C)C)O[Si](C)(C)C)ccc1O. The summed E-state index contributed by atoms with van der Waals surface area (Å²) in [5.41, 5.74) is 0. The summed E-state index contributed by atoms with van der Waals surface area (Å²) < 4.78 is 23.9. The summed E-state index contributed by atoms with van der Waals surface area (Å²) >= 11 is 0. The summed E-state index contributed by atoms with van der Waals surface area (Å²) in [6.45, 7) is 16.1. The van der Waals surface area contributed by atoms with E-state index < -0.39 is 25.2 Å². The van der Waals surface area contributed by atoms with Crippen LogP contribution in [0.1, 0.15) is 36.1 Å². The van der Waals surface area contributed by atoms with Gasteiger partial charge in [0.25, 0.3) is 0 Å². The summed E-state index contributed by atoms with van der Waals surface area (Å²) in [5, 5.41) is 9.63. The van der Waals surface area contributed by atoms with Gasteiger partial charge in [-0.25, -0.2) is 0 Å². The van der Waals surface area contributed by atoms with Crippen LogP contribution in [0.4, 0.5) is 0 Å². The van der Waals surface area contributed by atoms with Crippen molar-refractivity contribution in [3.8, 4) is 17.2 Å². The Hall–Kier alpha value is -0.809. The lowest BCUT2D eigenvalue weighted by Crippen LogP contribution is -2.52. The van der Waals surface area contributed by atoms with Crippen molar-refractivity contribution in [1.82, 2.24) is 0 Å². The van der Waals surface area contributed by atoms with E-state index in [1.807, 2.05) is 0 Å². The fraction of sp³-hybridized carbons (Fsp3) is 0.714. The number of rotatable bonds is 10. The predicted octanol–water partition coefficient (Wildman–Crippen LogP) is 7.49. The normalized spacial score (nSPS) is 11.2. The van der Waals surface area contributed by atoms with Crippen LogP contribution in [-0.2, 0) is 8.23 Å². The molecule has 1 N–H and O–H groups in total. The van der Waals surface area contributed by atoms with Crippen LogP contribution in [0.3, 0.4) is 0 Å². The molecule has 1 aromatic carbocycles. The van der Waals surface area contributed by atoms with E-state index in [1.165, 1.54) is 7.11 Å². The molecule has 0 aliphatic carbocycles. The molecule has 0 saturated heterocycles. The fourth-order valence-electron chi connectivity index (χ4n) is 2.75. The second kappa shape index (κ2) is 14.2. The van der Waals surface area contributed by atoms with Crippen LogP contribution < -0.4 is 9.47 Å². The Balaban J connectivity index is -0.000000781. The zero-order valence-corrected chi connectivity index (χ0v) is 19.9. The molecule has 1 aromatic rings. The van der Waals surface area contributed by atoms with Crippen LogP contribution in [0.5, 0.6) is 17.2 Å². The van der Waals surface area contributed by atoms with Gasteiger partial charge in [0.1, 0.15) is 5.75 Å².